The number of halogens is 2. The van der Waals surface area contributed by atoms with Gasteiger partial charge in [0.2, 0.25) is 0 Å². The van der Waals surface area contributed by atoms with E-state index in [1.54, 1.807) is 43.3 Å². The number of allylic oxidation sites excluding steroid dienone is 1. The van der Waals surface area contributed by atoms with Crippen molar-refractivity contribution in [3.63, 3.8) is 0 Å². The summed E-state index contributed by atoms with van der Waals surface area (Å²) in [7, 11) is 2.58. The van der Waals surface area contributed by atoms with Crippen molar-refractivity contribution in [1.29, 1.82) is 0 Å². The van der Waals surface area contributed by atoms with Crippen LogP contribution in [0.3, 0.4) is 0 Å². The number of carbonyl (C=O) groups excluding carboxylic acids is 1. The highest BCUT2D eigenvalue weighted by Crippen LogP contribution is 2.15. The summed E-state index contributed by atoms with van der Waals surface area (Å²) in [6.45, 7) is 1.31. The SMILES string of the molecule is CON=C(C(=O)OC)c1ccccc1C=C/C(C)=N/OCc1c(F)cccc1F. The maximum atomic E-state index is 13.6. The molecular formula is C21H20F2N2O4. The molecule has 0 heterocycles. The predicted molar refractivity (Wildman–Crippen MR) is 105 cm³/mol. The number of oxime groups is 2. The van der Waals surface area contributed by atoms with Gasteiger partial charge < -0.3 is 14.4 Å². The summed E-state index contributed by atoms with van der Waals surface area (Å²) in [6, 6.07) is 10.6. The van der Waals surface area contributed by atoms with Crippen molar-refractivity contribution in [2.75, 3.05) is 14.2 Å². The molecule has 0 radical (unpaired) electrons. The minimum atomic E-state index is -0.699. The van der Waals surface area contributed by atoms with Gasteiger partial charge in [-0.3, -0.25) is 0 Å². The number of ether oxygens (including phenoxy) is 1. The number of rotatable bonds is 8. The first-order valence-electron chi connectivity index (χ1n) is 8.54. The van der Waals surface area contributed by atoms with Gasteiger partial charge in [-0.25, -0.2) is 13.6 Å². The second-order valence-electron chi connectivity index (χ2n) is 5.74. The van der Waals surface area contributed by atoms with Gasteiger partial charge in [-0.05, 0) is 30.7 Å². The van der Waals surface area contributed by atoms with Crippen molar-refractivity contribution >= 4 is 23.5 Å². The third kappa shape index (κ3) is 5.97. The third-order valence-corrected chi connectivity index (χ3v) is 3.76. The van der Waals surface area contributed by atoms with Crippen LogP contribution in [0.1, 0.15) is 23.6 Å². The number of hydrogen-bond donors (Lipinski definition) is 0. The highest BCUT2D eigenvalue weighted by Gasteiger charge is 2.18. The molecule has 0 saturated heterocycles. The summed E-state index contributed by atoms with van der Waals surface area (Å²) < 4.78 is 31.9. The number of nitrogens with zero attached hydrogens (tertiary/aromatic N) is 2. The molecule has 0 aromatic heterocycles. The van der Waals surface area contributed by atoms with Gasteiger partial charge in [-0.2, -0.15) is 0 Å². The van der Waals surface area contributed by atoms with Crippen LogP contribution in [0.2, 0.25) is 0 Å². The van der Waals surface area contributed by atoms with E-state index in [0.717, 1.165) is 12.1 Å². The van der Waals surface area contributed by atoms with Gasteiger partial charge in [-0.1, -0.05) is 46.7 Å². The van der Waals surface area contributed by atoms with Gasteiger partial charge in [0, 0.05) is 5.56 Å². The quantitative estimate of drug-likeness (QED) is 0.379. The van der Waals surface area contributed by atoms with Crippen LogP contribution in [0.5, 0.6) is 0 Å². The summed E-state index contributed by atoms with van der Waals surface area (Å²) in [5, 5.41) is 7.56. The third-order valence-electron chi connectivity index (χ3n) is 3.76. The first-order chi connectivity index (χ1) is 14.0. The second kappa shape index (κ2) is 10.7. The Kier molecular flexibility index (Phi) is 8.02. The molecule has 0 N–H and O–H groups in total. The molecule has 152 valence electrons. The lowest BCUT2D eigenvalue weighted by Crippen LogP contribution is -2.18. The molecule has 0 amide bonds. The highest BCUT2D eigenvalue weighted by atomic mass is 19.1. The van der Waals surface area contributed by atoms with Crippen LogP contribution < -0.4 is 0 Å². The van der Waals surface area contributed by atoms with Crippen LogP contribution in [0, 0.1) is 11.6 Å². The number of esters is 1. The maximum Gasteiger partial charge on any atom is 0.360 e. The molecule has 0 atom stereocenters. The van der Waals surface area contributed by atoms with E-state index in [1.165, 1.54) is 20.3 Å². The normalized spacial score (nSPS) is 12.2. The monoisotopic (exact) mass is 402 g/mol. The molecule has 0 spiro atoms. The van der Waals surface area contributed by atoms with Crippen LogP contribution in [0.25, 0.3) is 6.08 Å². The summed E-state index contributed by atoms with van der Waals surface area (Å²) in [5.41, 5.74) is 1.41. The van der Waals surface area contributed by atoms with Gasteiger partial charge in [0.25, 0.3) is 0 Å². The van der Waals surface area contributed by atoms with E-state index in [0.29, 0.717) is 16.8 Å². The molecule has 0 aliphatic rings. The Morgan fingerprint density at radius 3 is 2.38 bits per heavy atom. The van der Waals surface area contributed by atoms with Gasteiger partial charge >= 0.3 is 5.97 Å². The molecule has 0 unspecified atom stereocenters. The van der Waals surface area contributed by atoms with Crippen molar-refractivity contribution < 1.29 is 28.0 Å². The van der Waals surface area contributed by atoms with E-state index in [4.69, 9.17) is 14.4 Å². The molecule has 2 rings (SSSR count). The Morgan fingerprint density at radius 1 is 1.03 bits per heavy atom. The molecule has 29 heavy (non-hydrogen) atoms. The van der Waals surface area contributed by atoms with E-state index in [9.17, 15) is 13.6 Å². The number of benzene rings is 2. The first-order valence-corrected chi connectivity index (χ1v) is 8.54. The number of carbonyl (C=O) groups is 1. The summed E-state index contributed by atoms with van der Waals surface area (Å²) in [6.07, 6.45) is 3.31. The van der Waals surface area contributed by atoms with Crippen molar-refractivity contribution in [3.05, 3.63) is 76.9 Å². The standard InChI is InChI=1S/C21H20F2N2O4/c1-14(24-29-13-17-18(22)9-6-10-19(17)23)11-12-15-7-4-5-8-16(15)20(25-28-3)21(26)27-2/h4-12H,13H2,1-3H3/b12-11?,24-14+,25-20?. The molecular weight excluding hydrogens is 382 g/mol. The van der Waals surface area contributed by atoms with Crippen LogP contribution >= 0.6 is 0 Å². The lowest BCUT2D eigenvalue weighted by Gasteiger charge is -2.07. The fraction of sp³-hybridized carbons (Fsp3) is 0.190. The molecule has 2 aromatic rings. The Bertz CT molecular complexity index is 935. The molecule has 0 aliphatic carbocycles. The summed E-state index contributed by atoms with van der Waals surface area (Å²) in [5.74, 6) is -2.04. The van der Waals surface area contributed by atoms with Gasteiger partial charge in [0.1, 0.15) is 25.4 Å². The Labute approximate surface area is 167 Å². The van der Waals surface area contributed by atoms with Gasteiger partial charge in [0.05, 0.1) is 18.4 Å². The topological polar surface area (TPSA) is 69.5 Å². The molecule has 0 aliphatic heterocycles. The van der Waals surface area contributed by atoms with E-state index in [-0.39, 0.29) is 17.9 Å². The molecule has 8 heteroatoms. The Balaban J connectivity index is 2.16. The lowest BCUT2D eigenvalue weighted by atomic mass is 10.0. The largest absolute Gasteiger partial charge is 0.464 e. The molecule has 0 saturated carbocycles. The van der Waals surface area contributed by atoms with Crippen LogP contribution in [0.15, 0.2) is 58.9 Å². The van der Waals surface area contributed by atoms with Crippen molar-refractivity contribution in [2.45, 2.75) is 13.5 Å². The van der Waals surface area contributed by atoms with E-state index in [1.807, 2.05) is 0 Å². The molecule has 6 nitrogen and oxygen atoms in total. The predicted octanol–water partition coefficient (Wildman–Crippen LogP) is 4.09. The molecule has 0 bridgehead atoms. The van der Waals surface area contributed by atoms with E-state index in [2.05, 4.69) is 10.3 Å². The van der Waals surface area contributed by atoms with Gasteiger partial charge in [0.15, 0.2) is 5.71 Å². The Hall–Kier alpha value is -3.55. The zero-order valence-corrected chi connectivity index (χ0v) is 16.2. The molecule has 2 aromatic carbocycles. The minimum Gasteiger partial charge on any atom is -0.464 e. The lowest BCUT2D eigenvalue weighted by molar-refractivity contribution is -0.132. The van der Waals surface area contributed by atoms with Gasteiger partial charge in [-0.15, -0.1) is 0 Å². The zero-order chi connectivity index (χ0) is 21.2. The zero-order valence-electron chi connectivity index (χ0n) is 16.2. The first kappa shape index (κ1) is 21.7. The number of hydrogen-bond acceptors (Lipinski definition) is 6. The fourth-order valence-electron chi connectivity index (χ4n) is 2.35. The fourth-order valence-corrected chi connectivity index (χ4v) is 2.35. The number of methoxy groups -OCH3 is 1. The smallest absolute Gasteiger partial charge is 0.360 e. The maximum absolute atomic E-state index is 13.6. The minimum absolute atomic E-state index is 0.0103. The van der Waals surface area contributed by atoms with Crippen LogP contribution in [-0.2, 0) is 25.8 Å². The van der Waals surface area contributed by atoms with Crippen molar-refractivity contribution in [3.8, 4) is 0 Å². The van der Waals surface area contributed by atoms with Crippen LogP contribution in [-0.4, -0.2) is 31.6 Å². The average Bonchev–Trinajstić information content (AvgIpc) is 2.72. The van der Waals surface area contributed by atoms with Crippen molar-refractivity contribution in [1.82, 2.24) is 0 Å². The average molecular weight is 402 g/mol. The Morgan fingerprint density at radius 2 is 1.72 bits per heavy atom. The summed E-state index contributed by atoms with van der Waals surface area (Å²) in [4.78, 5) is 21.7. The molecule has 0 fully saturated rings. The highest BCUT2D eigenvalue weighted by molar-refractivity contribution is 6.43. The summed E-state index contributed by atoms with van der Waals surface area (Å²) >= 11 is 0. The van der Waals surface area contributed by atoms with E-state index >= 15 is 0 Å². The second-order valence-corrected chi connectivity index (χ2v) is 5.74. The van der Waals surface area contributed by atoms with Crippen molar-refractivity contribution in [2.24, 2.45) is 10.3 Å². The van der Waals surface area contributed by atoms with Crippen LogP contribution in [0.4, 0.5) is 8.78 Å². The van der Waals surface area contributed by atoms with E-state index < -0.39 is 17.6 Å².